The van der Waals surface area contributed by atoms with Crippen LogP contribution in [-0.2, 0) is 6.54 Å². The maximum absolute atomic E-state index is 13.5. The van der Waals surface area contributed by atoms with Crippen LogP contribution in [0.5, 0.6) is 0 Å². The van der Waals surface area contributed by atoms with Gasteiger partial charge in [-0.25, -0.2) is 4.39 Å². The molecular formula is C15H21FN6. The molecule has 0 atom stereocenters. The van der Waals surface area contributed by atoms with Crippen molar-refractivity contribution in [1.29, 1.82) is 0 Å². The summed E-state index contributed by atoms with van der Waals surface area (Å²) in [7, 11) is 4.07. The van der Waals surface area contributed by atoms with Crippen LogP contribution in [0.4, 0.5) is 16.2 Å². The molecule has 1 aromatic heterocycles. The van der Waals surface area contributed by atoms with Crippen molar-refractivity contribution in [1.82, 2.24) is 20.1 Å². The van der Waals surface area contributed by atoms with Gasteiger partial charge in [0.05, 0.1) is 6.20 Å². The number of hydrogen-bond donors (Lipinski definition) is 2. The average molecular weight is 304 g/mol. The summed E-state index contributed by atoms with van der Waals surface area (Å²) in [6, 6.07) is 6.64. The van der Waals surface area contributed by atoms with Crippen molar-refractivity contribution in [2.75, 3.05) is 37.8 Å². The van der Waals surface area contributed by atoms with Crippen molar-refractivity contribution < 1.29 is 4.39 Å². The van der Waals surface area contributed by atoms with E-state index in [9.17, 15) is 4.39 Å². The van der Waals surface area contributed by atoms with Gasteiger partial charge in [-0.2, -0.15) is 10.1 Å². The van der Waals surface area contributed by atoms with Gasteiger partial charge in [0.2, 0.25) is 5.95 Å². The molecule has 0 aliphatic heterocycles. The summed E-state index contributed by atoms with van der Waals surface area (Å²) < 4.78 is 13.5. The summed E-state index contributed by atoms with van der Waals surface area (Å²) in [6.45, 7) is 2.12. The molecule has 0 unspecified atom stereocenters. The fraction of sp³-hybridized carbons (Fsp3) is 0.400. The largest absolute Gasteiger partial charge is 0.364 e. The normalized spacial score (nSPS) is 10.7. The molecule has 22 heavy (non-hydrogen) atoms. The first-order valence-electron chi connectivity index (χ1n) is 7.21. The lowest BCUT2D eigenvalue weighted by Gasteiger charge is -2.10. The van der Waals surface area contributed by atoms with Gasteiger partial charge in [0.15, 0.2) is 5.82 Å². The molecule has 6 nitrogen and oxygen atoms in total. The molecule has 0 spiro atoms. The van der Waals surface area contributed by atoms with Gasteiger partial charge < -0.3 is 15.5 Å². The average Bonchev–Trinajstić information content (AvgIpc) is 2.51. The monoisotopic (exact) mass is 304 g/mol. The zero-order valence-electron chi connectivity index (χ0n) is 12.9. The van der Waals surface area contributed by atoms with E-state index in [4.69, 9.17) is 0 Å². The lowest BCUT2D eigenvalue weighted by atomic mass is 10.2. The number of benzene rings is 1. The van der Waals surface area contributed by atoms with E-state index in [0.717, 1.165) is 19.5 Å². The van der Waals surface area contributed by atoms with Gasteiger partial charge in [0, 0.05) is 18.7 Å². The second-order valence-corrected chi connectivity index (χ2v) is 5.19. The zero-order chi connectivity index (χ0) is 15.8. The Balaban J connectivity index is 1.85. The minimum absolute atomic E-state index is 0.237. The molecule has 0 bridgehead atoms. The lowest BCUT2D eigenvalue weighted by molar-refractivity contribution is 0.405. The van der Waals surface area contributed by atoms with Gasteiger partial charge in [0.1, 0.15) is 5.82 Å². The Morgan fingerprint density at radius 2 is 2.00 bits per heavy atom. The number of halogens is 1. The van der Waals surface area contributed by atoms with Gasteiger partial charge in [-0.15, -0.1) is 5.10 Å². The molecule has 0 saturated carbocycles. The molecular weight excluding hydrogens is 283 g/mol. The van der Waals surface area contributed by atoms with Crippen molar-refractivity contribution in [3.63, 3.8) is 0 Å². The minimum Gasteiger partial charge on any atom is -0.364 e. The molecule has 118 valence electrons. The van der Waals surface area contributed by atoms with Crippen molar-refractivity contribution >= 4 is 11.8 Å². The first-order valence-corrected chi connectivity index (χ1v) is 7.21. The Labute approximate surface area is 129 Å². The van der Waals surface area contributed by atoms with Crippen LogP contribution < -0.4 is 10.6 Å². The minimum atomic E-state index is -0.237. The highest BCUT2D eigenvalue weighted by Gasteiger charge is 2.03. The quantitative estimate of drug-likeness (QED) is 0.727. The Morgan fingerprint density at radius 1 is 1.18 bits per heavy atom. The summed E-state index contributed by atoms with van der Waals surface area (Å²) in [5, 5.41) is 14.0. The van der Waals surface area contributed by atoms with E-state index in [0.29, 0.717) is 23.9 Å². The molecule has 2 aromatic rings. The summed E-state index contributed by atoms with van der Waals surface area (Å²) in [6.07, 6.45) is 2.51. The third-order valence-electron chi connectivity index (χ3n) is 3.04. The van der Waals surface area contributed by atoms with E-state index < -0.39 is 0 Å². The van der Waals surface area contributed by atoms with Crippen LogP contribution in [0, 0.1) is 5.82 Å². The van der Waals surface area contributed by atoms with Crippen molar-refractivity contribution in [2.24, 2.45) is 0 Å². The van der Waals surface area contributed by atoms with Crippen LogP contribution in [0.15, 0.2) is 30.5 Å². The third kappa shape index (κ3) is 5.25. The fourth-order valence-corrected chi connectivity index (χ4v) is 1.89. The van der Waals surface area contributed by atoms with Gasteiger partial charge in [-0.3, -0.25) is 0 Å². The van der Waals surface area contributed by atoms with Crippen LogP contribution in [0.2, 0.25) is 0 Å². The number of nitrogens with one attached hydrogen (secondary N) is 2. The molecule has 1 aromatic carbocycles. The van der Waals surface area contributed by atoms with E-state index in [2.05, 4.69) is 30.7 Å². The molecule has 0 saturated heterocycles. The SMILES string of the molecule is CN(C)CCCNc1nncc(NCc2ccccc2F)n1. The topological polar surface area (TPSA) is 66.0 Å². The van der Waals surface area contributed by atoms with E-state index in [1.165, 1.54) is 12.3 Å². The first kappa shape index (κ1) is 16.1. The molecule has 0 aliphatic carbocycles. The number of rotatable bonds is 8. The molecule has 0 amide bonds. The fourth-order valence-electron chi connectivity index (χ4n) is 1.89. The number of anilines is 2. The van der Waals surface area contributed by atoms with Gasteiger partial charge in [-0.1, -0.05) is 18.2 Å². The predicted octanol–water partition coefficient (Wildman–Crippen LogP) is 1.99. The van der Waals surface area contributed by atoms with Crippen LogP contribution in [-0.4, -0.2) is 47.3 Å². The van der Waals surface area contributed by atoms with E-state index in [1.807, 2.05) is 14.1 Å². The Kier molecular flexibility index (Phi) is 6.02. The summed E-state index contributed by atoms with van der Waals surface area (Å²) in [5.74, 6) is 0.796. The van der Waals surface area contributed by atoms with E-state index in [1.54, 1.807) is 18.2 Å². The number of aromatic nitrogens is 3. The highest BCUT2D eigenvalue weighted by molar-refractivity contribution is 5.38. The van der Waals surface area contributed by atoms with E-state index >= 15 is 0 Å². The van der Waals surface area contributed by atoms with Crippen molar-refractivity contribution in [3.8, 4) is 0 Å². The molecule has 2 rings (SSSR count). The van der Waals surface area contributed by atoms with Gasteiger partial charge >= 0.3 is 0 Å². The molecule has 0 aliphatic rings. The Hall–Kier alpha value is -2.28. The highest BCUT2D eigenvalue weighted by atomic mass is 19.1. The van der Waals surface area contributed by atoms with Gasteiger partial charge in [-0.05, 0) is 33.1 Å². The standard InChI is InChI=1S/C15H21FN6/c1-22(2)9-5-8-17-15-20-14(11-19-21-15)18-10-12-6-3-4-7-13(12)16/h3-4,6-7,11H,5,8-10H2,1-2H3,(H2,17,18,20,21). The van der Waals surface area contributed by atoms with Crippen LogP contribution >= 0.6 is 0 Å². The Bertz CT molecular complexity index is 590. The molecule has 2 N–H and O–H groups in total. The van der Waals surface area contributed by atoms with E-state index in [-0.39, 0.29) is 5.82 Å². The smallest absolute Gasteiger partial charge is 0.244 e. The maximum Gasteiger partial charge on any atom is 0.244 e. The van der Waals surface area contributed by atoms with Crippen molar-refractivity contribution in [3.05, 3.63) is 41.8 Å². The van der Waals surface area contributed by atoms with Crippen LogP contribution in [0.1, 0.15) is 12.0 Å². The Morgan fingerprint density at radius 3 is 2.77 bits per heavy atom. The van der Waals surface area contributed by atoms with Crippen molar-refractivity contribution in [2.45, 2.75) is 13.0 Å². The molecule has 1 heterocycles. The predicted molar refractivity (Wildman–Crippen MR) is 85.2 cm³/mol. The molecule has 0 fully saturated rings. The van der Waals surface area contributed by atoms with Crippen LogP contribution in [0.3, 0.4) is 0 Å². The van der Waals surface area contributed by atoms with Crippen LogP contribution in [0.25, 0.3) is 0 Å². The number of hydrogen-bond acceptors (Lipinski definition) is 6. The molecule has 0 radical (unpaired) electrons. The zero-order valence-corrected chi connectivity index (χ0v) is 12.9. The molecule has 7 heteroatoms. The first-order chi connectivity index (χ1) is 10.6. The third-order valence-corrected chi connectivity index (χ3v) is 3.04. The van der Waals surface area contributed by atoms with Gasteiger partial charge in [0.25, 0.3) is 0 Å². The second-order valence-electron chi connectivity index (χ2n) is 5.19. The lowest BCUT2D eigenvalue weighted by Crippen LogP contribution is -2.17. The highest BCUT2D eigenvalue weighted by Crippen LogP contribution is 2.10. The summed E-state index contributed by atoms with van der Waals surface area (Å²) >= 11 is 0. The number of nitrogens with zero attached hydrogens (tertiary/aromatic N) is 4. The second kappa shape index (κ2) is 8.23. The maximum atomic E-state index is 13.5. The summed E-state index contributed by atoms with van der Waals surface area (Å²) in [4.78, 5) is 6.42. The summed E-state index contributed by atoms with van der Waals surface area (Å²) in [5.41, 5.74) is 0.585.